The lowest BCUT2D eigenvalue weighted by molar-refractivity contribution is 0.0143. The van der Waals surface area contributed by atoms with E-state index in [4.69, 9.17) is 0 Å². The minimum atomic E-state index is 0.849. The molecule has 0 spiro atoms. The van der Waals surface area contributed by atoms with Gasteiger partial charge in [0.05, 0.1) is 0 Å². The molecule has 0 radical (unpaired) electrons. The summed E-state index contributed by atoms with van der Waals surface area (Å²) in [5, 5.41) is 0. The molecular formula is C13H24. The van der Waals surface area contributed by atoms with Crippen molar-refractivity contribution < 1.29 is 0 Å². The molecule has 3 atom stereocenters. The van der Waals surface area contributed by atoms with Crippen LogP contribution >= 0.6 is 0 Å². The second-order valence-electron chi connectivity index (χ2n) is 5.50. The second-order valence-corrected chi connectivity index (χ2v) is 5.50. The van der Waals surface area contributed by atoms with Gasteiger partial charge >= 0.3 is 0 Å². The average Bonchev–Trinajstić information content (AvgIpc) is 2.83. The molecule has 2 rings (SSSR count). The zero-order valence-corrected chi connectivity index (χ0v) is 9.47. The minimum absolute atomic E-state index is 0.849. The molecule has 0 aromatic rings. The maximum atomic E-state index is 2.45. The minimum Gasteiger partial charge on any atom is -0.0654 e. The molecule has 0 saturated heterocycles. The molecule has 3 unspecified atom stereocenters. The van der Waals surface area contributed by atoms with E-state index in [-0.39, 0.29) is 0 Å². The summed E-state index contributed by atoms with van der Waals surface area (Å²) in [6, 6.07) is 0. The fourth-order valence-corrected chi connectivity index (χ4v) is 3.81. The van der Waals surface area contributed by atoms with Crippen LogP contribution in [0.3, 0.4) is 0 Å². The number of hydrogen-bond donors (Lipinski definition) is 0. The molecule has 0 aromatic heterocycles. The molecule has 2 aliphatic rings. The van der Waals surface area contributed by atoms with Gasteiger partial charge in [-0.2, -0.15) is 0 Å². The number of hydrogen-bond acceptors (Lipinski definition) is 0. The summed E-state index contributed by atoms with van der Waals surface area (Å²) in [6.07, 6.45) is 8.99. The summed E-state index contributed by atoms with van der Waals surface area (Å²) in [4.78, 5) is 0. The van der Waals surface area contributed by atoms with Crippen molar-refractivity contribution in [1.29, 1.82) is 0 Å². The standard InChI is InChI=1S/C13H24/c1-4-6-13(7-8-13)12-9-10(3)11(12)5-2/h10-12H,4-9H2,1-3H3. The lowest BCUT2D eigenvalue weighted by Gasteiger charge is -2.48. The Balaban J connectivity index is 1.94. The van der Waals surface area contributed by atoms with Gasteiger partial charge in [-0.15, -0.1) is 0 Å². The first-order chi connectivity index (χ1) is 6.23. The van der Waals surface area contributed by atoms with Crippen LogP contribution in [0.2, 0.25) is 0 Å². The number of rotatable bonds is 4. The summed E-state index contributed by atoms with van der Waals surface area (Å²) >= 11 is 0. The fourth-order valence-electron chi connectivity index (χ4n) is 3.81. The molecule has 0 nitrogen and oxygen atoms in total. The van der Waals surface area contributed by atoms with Crippen LogP contribution in [0.5, 0.6) is 0 Å². The highest BCUT2D eigenvalue weighted by Gasteiger charge is 2.55. The van der Waals surface area contributed by atoms with Gasteiger partial charge in [-0.05, 0) is 48.9 Å². The lowest BCUT2D eigenvalue weighted by Crippen LogP contribution is -2.40. The van der Waals surface area contributed by atoms with E-state index in [2.05, 4.69) is 20.8 Å². The molecular weight excluding hydrogens is 156 g/mol. The predicted octanol–water partition coefficient (Wildman–Crippen LogP) is 4.25. The molecule has 0 aliphatic heterocycles. The zero-order valence-electron chi connectivity index (χ0n) is 9.47. The van der Waals surface area contributed by atoms with Crippen molar-refractivity contribution in [2.45, 2.75) is 59.3 Å². The Labute approximate surface area is 83.1 Å². The van der Waals surface area contributed by atoms with Crippen LogP contribution in [0.25, 0.3) is 0 Å². The van der Waals surface area contributed by atoms with Crippen molar-refractivity contribution in [3.63, 3.8) is 0 Å². The van der Waals surface area contributed by atoms with Crippen LogP contribution in [0.15, 0.2) is 0 Å². The third-order valence-corrected chi connectivity index (χ3v) is 4.77. The van der Waals surface area contributed by atoms with Crippen molar-refractivity contribution in [1.82, 2.24) is 0 Å². The first kappa shape index (κ1) is 9.55. The predicted molar refractivity (Wildman–Crippen MR) is 57.6 cm³/mol. The van der Waals surface area contributed by atoms with Gasteiger partial charge in [-0.3, -0.25) is 0 Å². The molecule has 0 heterocycles. The summed E-state index contributed by atoms with van der Waals surface area (Å²) in [5.41, 5.74) is 0.849. The van der Waals surface area contributed by atoms with E-state index >= 15 is 0 Å². The van der Waals surface area contributed by atoms with Gasteiger partial charge < -0.3 is 0 Å². The van der Waals surface area contributed by atoms with Gasteiger partial charge in [0.1, 0.15) is 0 Å². The summed E-state index contributed by atoms with van der Waals surface area (Å²) in [7, 11) is 0. The Hall–Kier alpha value is 0. The van der Waals surface area contributed by atoms with E-state index in [1.165, 1.54) is 19.3 Å². The highest BCUT2D eigenvalue weighted by Crippen LogP contribution is 2.65. The third-order valence-electron chi connectivity index (χ3n) is 4.77. The Morgan fingerprint density at radius 1 is 1.23 bits per heavy atom. The molecule has 0 bridgehead atoms. The van der Waals surface area contributed by atoms with Crippen LogP contribution in [-0.2, 0) is 0 Å². The molecule has 0 aromatic carbocycles. The molecule has 76 valence electrons. The molecule has 0 heteroatoms. The Morgan fingerprint density at radius 3 is 2.31 bits per heavy atom. The normalized spacial score (nSPS) is 41.3. The Kier molecular flexibility index (Phi) is 2.42. The first-order valence-corrected chi connectivity index (χ1v) is 6.23. The van der Waals surface area contributed by atoms with Gasteiger partial charge in [0.2, 0.25) is 0 Å². The van der Waals surface area contributed by atoms with Crippen molar-refractivity contribution in [3.8, 4) is 0 Å². The van der Waals surface area contributed by atoms with Crippen LogP contribution in [0, 0.1) is 23.2 Å². The van der Waals surface area contributed by atoms with E-state index in [0.717, 1.165) is 23.2 Å². The van der Waals surface area contributed by atoms with E-state index in [1.54, 1.807) is 19.3 Å². The van der Waals surface area contributed by atoms with E-state index in [1.807, 2.05) is 0 Å². The van der Waals surface area contributed by atoms with E-state index < -0.39 is 0 Å². The van der Waals surface area contributed by atoms with Crippen LogP contribution in [0.4, 0.5) is 0 Å². The van der Waals surface area contributed by atoms with E-state index in [0.29, 0.717) is 0 Å². The van der Waals surface area contributed by atoms with Crippen molar-refractivity contribution in [2.24, 2.45) is 23.2 Å². The smallest absolute Gasteiger partial charge is 0.0266 e. The van der Waals surface area contributed by atoms with E-state index in [9.17, 15) is 0 Å². The van der Waals surface area contributed by atoms with Crippen LogP contribution in [-0.4, -0.2) is 0 Å². The third kappa shape index (κ3) is 1.43. The lowest BCUT2D eigenvalue weighted by atomic mass is 9.57. The fraction of sp³-hybridized carbons (Fsp3) is 1.00. The maximum Gasteiger partial charge on any atom is -0.0266 e. The quantitative estimate of drug-likeness (QED) is 0.606. The Bertz CT molecular complexity index is 178. The first-order valence-electron chi connectivity index (χ1n) is 6.23. The van der Waals surface area contributed by atoms with Crippen molar-refractivity contribution in [2.75, 3.05) is 0 Å². The summed E-state index contributed by atoms with van der Waals surface area (Å²) < 4.78 is 0. The highest BCUT2D eigenvalue weighted by molar-refractivity contribution is 5.05. The molecule has 0 N–H and O–H groups in total. The SMILES string of the molecule is CCCC1(C2CC(C)C2CC)CC1. The van der Waals surface area contributed by atoms with Gasteiger partial charge in [0.15, 0.2) is 0 Å². The van der Waals surface area contributed by atoms with Crippen LogP contribution in [0.1, 0.15) is 59.3 Å². The van der Waals surface area contributed by atoms with Crippen molar-refractivity contribution >= 4 is 0 Å². The topological polar surface area (TPSA) is 0 Å². The molecule has 2 aliphatic carbocycles. The highest BCUT2D eigenvalue weighted by atomic mass is 14.6. The van der Waals surface area contributed by atoms with Gasteiger partial charge in [0.25, 0.3) is 0 Å². The monoisotopic (exact) mass is 180 g/mol. The average molecular weight is 180 g/mol. The second kappa shape index (κ2) is 3.29. The van der Waals surface area contributed by atoms with Crippen LogP contribution < -0.4 is 0 Å². The zero-order chi connectivity index (χ0) is 9.47. The van der Waals surface area contributed by atoms with Gasteiger partial charge in [-0.1, -0.05) is 33.6 Å². The molecule has 2 fully saturated rings. The molecule has 0 amide bonds. The van der Waals surface area contributed by atoms with Gasteiger partial charge in [-0.25, -0.2) is 0 Å². The summed E-state index contributed by atoms with van der Waals surface area (Å²) in [6.45, 7) is 7.19. The molecule has 2 saturated carbocycles. The van der Waals surface area contributed by atoms with Crippen molar-refractivity contribution in [3.05, 3.63) is 0 Å². The van der Waals surface area contributed by atoms with Gasteiger partial charge in [0, 0.05) is 0 Å². The maximum absolute atomic E-state index is 2.45. The summed E-state index contributed by atoms with van der Waals surface area (Å²) in [5.74, 6) is 3.23. The Morgan fingerprint density at radius 2 is 1.92 bits per heavy atom. The molecule has 13 heavy (non-hydrogen) atoms. The largest absolute Gasteiger partial charge is 0.0654 e.